The molecule has 1 unspecified atom stereocenters. The highest BCUT2D eigenvalue weighted by molar-refractivity contribution is 5.94. The third-order valence-electron chi connectivity index (χ3n) is 4.24. The first-order valence-corrected chi connectivity index (χ1v) is 7.23. The Morgan fingerprint density at radius 3 is 2.38 bits per heavy atom. The predicted octanol–water partition coefficient (Wildman–Crippen LogP) is 1.37. The fourth-order valence-corrected chi connectivity index (χ4v) is 3.02. The topological polar surface area (TPSA) is 35.6 Å². The van der Waals surface area contributed by atoms with E-state index in [4.69, 9.17) is 0 Å². The second kappa shape index (κ2) is 7.20. The highest BCUT2D eigenvalue weighted by Gasteiger charge is 2.28. The van der Waals surface area contributed by atoms with Crippen LogP contribution >= 0.6 is 12.4 Å². The molecule has 0 saturated carbocycles. The van der Waals surface area contributed by atoms with Gasteiger partial charge < -0.3 is 10.2 Å². The van der Waals surface area contributed by atoms with E-state index in [1.54, 1.807) is 12.1 Å². The van der Waals surface area contributed by atoms with Crippen LogP contribution in [0.2, 0.25) is 0 Å². The molecule has 3 rings (SSSR count). The fourth-order valence-electron chi connectivity index (χ4n) is 3.02. The van der Waals surface area contributed by atoms with Gasteiger partial charge in [0.25, 0.3) is 5.91 Å². The summed E-state index contributed by atoms with van der Waals surface area (Å²) in [5, 5.41) is 3.38. The Morgan fingerprint density at radius 2 is 1.81 bits per heavy atom. The van der Waals surface area contributed by atoms with E-state index < -0.39 is 0 Å². The summed E-state index contributed by atoms with van der Waals surface area (Å²) in [6.07, 6.45) is 1.20. The number of piperazine rings is 1. The van der Waals surface area contributed by atoms with Crippen LogP contribution in [0, 0.1) is 5.82 Å². The quantitative estimate of drug-likeness (QED) is 0.896. The lowest BCUT2D eigenvalue weighted by atomic mass is 10.1. The maximum atomic E-state index is 12.9. The van der Waals surface area contributed by atoms with Crippen molar-refractivity contribution in [1.29, 1.82) is 0 Å². The molecule has 1 amide bonds. The van der Waals surface area contributed by atoms with Crippen molar-refractivity contribution in [1.82, 2.24) is 15.1 Å². The summed E-state index contributed by atoms with van der Waals surface area (Å²) in [6.45, 7) is 5.53. The minimum absolute atomic E-state index is 0. The van der Waals surface area contributed by atoms with Gasteiger partial charge in [-0.25, -0.2) is 4.39 Å². The molecule has 0 bridgehead atoms. The van der Waals surface area contributed by atoms with Crippen LogP contribution in [-0.4, -0.2) is 61.0 Å². The van der Waals surface area contributed by atoms with Crippen LogP contribution in [-0.2, 0) is 0 Å². The normalized spacial score (nSPS) is 22.9. The lowest BCUT2D eigenvalue weighted by Crippen LogP contribution is -2.52. The molecule has 6 heteroatoms. The number of nitrogens with one attached hydrogen (secondary N) is 1. The zero-order valence-electron chi connectivity index (χ0n) is 11.9. The summed E-state index contributed by atoms with van der Waals surface area (Å²) in [6, 6.07) is 6.43. The van der Waals surface area contributed by atoms with Crippen LogP contribution < -0.4 is 5.32 Å². The number of rotatable bonds is 2. The third-order valence-corrected chi connectivity index (χ3v) is 4.24. The Bertz CT molecular complexity index is 468. The summed E-state index contributed by atoms with van der Waals surface area (Å²) in [5.74, 6) is -0.297. The molecule has 2 fully saturated rings. The molecule has 21 heavy (non-hydrogen) atoms. The van der Waals surface area contributed by atoms with E-state index in [1.807, 2.05) is 4.90 Å². The summed E-state index contributed by atoms with van der Waals surface area (Å²) >= 11 is 0. The lowest BCUT2D eigenvalue weighted by molar-refractivity contribution is 0.0584. The largest absolute Gasteiger partial charge is 0.336 e. The molecule has 2 aliphatic rings. The van der Waals surface area contributed by atoms with Crippen LogP contribution in [0.4, 0.5) is 4.39 Å². The number of nitrogens with zero attached hydrogens (tertiary/aromatic N) is 2. The molecule has 0 aliphatic carbocycles. The number of carbonyl (C=O) groups excluding carboxylic acids is 1. The standard InChI is InChI=1S/C15H20FN3O.ClH/c16-13-3-1-12(2-4-13)15(20)19-9-7-18(8-10-19)14-5-6-17-11-14;/h1-4,14,17H,5-11H2;1H. The number of hydrogen-bond donors (Lipinski definition) is 1. The van der Waals surface area contributed by atoms with Crippen molar-refractivity contribution < 1.29 is 9.18 Å². The number of benzene rings is 1. The van der Waals surface area contributed by atoms with E-state index in [-0.39, 0.29) is 24.1 Å². The molecule has 4 nitrogen and oxygen atoms in total. The average Bonchev–Trinajstić information content (AvgIpc) is 3.02. The molecule has 2 saturated heterocycles. The molecule has 2 aliphatic heterocycles. The van der Waals surface area contributed by atoms with Crippen LogP contribution in [0.25, 0.3) is 0 Å². The lowest BCUT2D eigenvalue weighted by Gasteiger charge is -2.37. The van der Waals surface area contributed by atoms with Gasteiger partial charge in [-0.05, 0) is 37.2 Å². The van der Waals surface area contributed by atoms with Crippen molar-refractivity contribution in [2.75, 3.05) is 39.3 Å². The second-order valence-electron chi connectivity index (χ2n) is 5.48. The maximum Gasteiger partial charge on any atom is 0.253 e. The van der Waals surface area contributed by atoms with Gasteiger partial charge in [0.15, 0.2) is 0 Å². The number of carbonyl (C=O) groups is 1. The van der Waals surface area contributed by atoms with Crippen LogP contribution in [0.1, 0.15) is 16.8 Å². The molecule has 0 radical (unpaired) electrons. The first-order valence-electron chi connectivity index (χ1n) is 7.23. The predicted molar refractivity (Wildman–Crippen MR) is 82.4 cm³/mol. The molecule has 0 aromatic heterocycles. The van der Waals surface area contributed by atoms with Gasteiger partial charge in [0.05, 0.1) is 0 Å². The van der Waals surface area contributed by atoms with Crippen molar-refractivity contribution in [3.05, 3.63) is 35.6 Å². The Kier molecular flexibility index (Phi) is 5.56. The minimum atomic E-state index is -0.305. The maximum absolute atomic E-state index is 12.9. The van der Waals surface area contributed by atoms with Gasteiger partial charge in [-0.1, -0.05) is 0 Å². The molecule has 116 valence electrons. The zero-order valence-corrected chi connectivity index (χ0v) is 12.7. The van der Waals surface area contributed by atoms with Crippen LogP contribution in [0.5, 0.6) is 0 Å². The first kappa shape index (κ1) is 16.2. The molecule has 1 N–H and O–H groups in total. The van der Waals surface area contributed by atoms with E-state index in [9.17, 15) is 9.18 Å². The van der Waals surface area contributed by atoms with Crippen LogP contribution in [0.15, 0.2) is 24.3 Å². The molecule has 0 spiro atoms. The fraction of sp³-hybridized carbons (Fsp3) is 0.533. The summed E-state index contributed by atoms with van der Waals surface area (Å²) in [7, 11) is 0. The Morgan fingerprint density at radius 1 is 1.14 bits per heavy atom. The number of hydrogen-bond acceptors (Lipinski definition) is 3. The second-order valence-corrected chi connectivity index (χ2v) is 5.48. The first-order chi connectivity index (χ1) is 9.74. The van der Waals surface area contributed by atoms with Crippen molar-refractivity contribution in [2.24, 2.45) is 0 Å². The Labute approximate surface area is 130 Å². The van der Waals surface area contributed by atoms with Gasteiger partial charge in [-0.3, -0.25) is 9.69 Å². The van der Waals surface area contributed by atoms with Gasteiger partial charge >= 0.3 is 0 Å². The molecule has 1 atom stereocenters. The summed E-state index contributed by atoms with van der Waals surface area (Å²) in [5.41, 5.74) is 0.572. The molecular formula is C15H21ClFN3O. The summed E-state index contributed by atoms with van der Waals surface area (Å²) < 4.78 is 12.9. The molecule has 2 heterocycles. The van der Waals surface area contributed by atoms with Crippen LogP contribution in [0.3, 0.4) is 0 Å². The summed E-state index contributed by atoms with van der Waals surface area (Å²) in [4.78, 5) is 16.6. The molecular weight excluding hydrogens is 293 g/mol. The zero-order chi connectivity index (χ0) is 13.9. The van der Waals surface area contributed by atoms with E-state index in [2.05, 4.69) is 10.2 Å². The van der Waals surface area contributed by atoms with Crippen molar-refractivity contribution >= 4 is 18.3 Å². The number of halogens is 2. The van der Waals surface area contributed by atoms with E-state index in [0.29, 0.717) is 11.6 Å². The minimum Gasteiger partial charge on any atom is -0.336 e. The molecule has 1 aromatic rings. The average molecular weight is 314 g/mol. The Balaban J connectivity index is 0.00000161. The van der Waals surface area contributed by atoms with Gasteiger partial charge in [0, 0.05) is 44.3 Å². The third kappa shape index (κ3) is 3.73. The van der Waals surface area contributed by atoms with Gasteiger partial charge in [0.1, 0.15) is 5.82 Å². The van der Waals surface area contributed by atoms with Gasteiger partial charge in [-0.2, -0.15) is 0 Å². The van der Waals surface area contributed by atoms with E-state index in [1.165, 1.54) is 18.6 Å². The van der Waals surface area contributed by atoms with Gasteiger partial charge in [-0.15, -0.1) is 12.4 Å². The molecule has 1 aromatic carbocycles. The Hall–Kier alpha value is -1.17. The smallest absolute Gasteiger partial charge is 0.253 e. The van der Waals surface area contributed by atoms with Crippen molar-refractivity contribution in [2.45, 2.75) is 12.5 Å². The highest BCUT2D eigenvalue weighted by Crippen LogP contribution is 2.14. The monoisotopic (exact) mass is 313 g/mol. The van der Waals surface area contributed by atoms with Crippen molar-refractivity contribution in [3.63, 3.8) is 0 Å². The van der Waals surface area contributed by atoms with Gasteiger partial charge in [0.2, 0.25) is 0 Å². The van der Waals surface area contributed by atoms with E-state index >= 15 is 0 Å². The number of amides is 1. The van der Waals surface area contributed by atoms with Crippen molar-refractivity contribution in [3.8, 4) is 0 Å². The SMILES string of the molecule is Cl.O=C(c1ccc(F)cc1)N1CCN(C2CCNC2)CC1. The highest BCUT2D eigenvalue weighted by atomic mass is 35.5. The van der Waals surface area contributed by atoms with E-state index in [0.717, 1.165) is 39.3 Å².